The van der Waals surface area contributed by atoms with E-state index in [1.165, 1.54) is 0 Å². The van der Waals surface area contributed by atoms with Crippen molar-refractivity contribution in [1.29, 1.82) is 0 Å². The first-order valence-corrected chi connectivity index (χ1v) is 10.8. The fourth-order valence-corrected chi connectivity index (χ4v) is 4.80. The van der Waals surface area contributed by atoms with Crippen LogP contribution >= 0.6 is 0 Å². The van der Waals surface area contributed by atoms with E-state index in [1.807, 2.05) is 0 Å². The number of hydrogen-bond donors (Lipinski definition) is 1. The Hall–Kier alpha value is -2.80. The first-order chi connectivity index (χ1) is 13.6. The SMILES string of the molecule is COc1ccc(NS(=O)(=O)c2cccc3ncccc23)cc1OC1CCCC1. The van der Waals surface area contributed by atoms with E-state index in [1.54, 1.807) is 61.8 Å². The molecule has 1 N–H and O–H groups in total. The van der Waals surface area contributed by atoms with Crippen molar-refractivity contribution >= 4 is 26.6 Å². The van der Waals surface area contributed by atoms with Gasteiger partial charge in [-0.2, -0.15) is 0 Å². The third kappa shape index (κ3) is 3.75. The van der Waals surface area contributed by atoms with Crippen molar-refractivity contribution < 1.29 is 17.9 Å². The van der Waals surface area contributed by atoms with Crippen LogP contribution in [0.1, 0.15) is 25.7 Å². The van der Waals surface area contributed by atoms with Gasteiger partial charge in [-0.15, -0.1) is 0 Å². The van der Waals surface area contributed by atoms with Crippen LogP contribution in [0.15, 0.2) is 59.6 Å². The molecule has 0 unspecified atom stereocenters. The normalized spacial score (nSPS) is 14.9. The summed E-state index contributed by atoms with van der Waals surface area (Å²) in [7, 11) is -2.22. The molecule has 2 aromatic carbocycles. The maximum atomic E-state index is 13.0. The maximum Gasteiger partial charge on any atom is 0.262 e. The van der Waals surface area contributed by atoms with Gasteiger partial charge in [0.25, 0.3) is 10.0 Å². The molecule has 0 aliphatic heterocycles. The Kier molecular flexibility index (Phi) is 5.09. The maximum absolute atomic E-state index is 13.0. The molecule has 4 rings (SSSR count). The number of benzene rings is 2. The lowest BCUT2D eigenvalue weighted by molar-refractivity contribution is 0.201. The zero-order valence-corrected chi connectivity index (χ0v) is 16.4. The van der Waals surface area contributed by atoms with Crippen molar-refractivity contribution in [2.75, 3.05) is 11.8 Å². The summed E-state index contributed by atoms with van der Waals surface area (Å²) in [6.45, 7) is 0. The molecular weight excluding hydrogens is 376 g/mol. The van der Waals surface area contributed by atoms with E-state index in [-0.39, 0.29) is 11.0 Å². The first kappa shape index (κ1) is 18.6. The Morgan fingerprint density at radius 1 is 1.04 bits per heavy atom. The van der Waals surface area contributed by atoms with Gasteiger partial charge in [0.1, 0.15) is 0 Å². The summed E-state index contributed by atoms with van der Waals surface area (Å²) >= 11 is 0. The molecule has 3 aromatic rings. The molecule has 0 atom stereocenters. The second-order valence-corrected chi connectivity index (χ2v) is 8.47. The lowest BCUT2D eigenvalue weighted by Gasteiger charge is -2.17. The molecule has 1 aromatic heterocycles. The lowest BCUT2D eigenvalue weighted by Crippen LogP contribution is -2.15. The second-order valence-electron chi connectivity index (χ2n) is 6.82. The van der Waals surface area contributed by atoms with Gasteiger partial charge in [0.2, 0.25) is 0 Å². The van der Waals surface area contributed by atoms with Crippen molar-refractivity contribution in [3.8, 4) is 11.5 Å². The highest BCUT2D eigenvalue weighted by Crippen LogP contribution is 2.35. The van der Waals surface area contributed by atoms with Gasteiger partial charge in [-0.3, -0.25) is 9.71 Å². The van der Waals surface area contributed by atoms with Crippen LogP contribution in [-0.4, -0.2) is 26.6 Å². The molecule has 0 amide bonds. The fraction of sp³-hybridized carbons (Fsp3) is 0.286. The number of pyridine rings is 1. The molecule has 1 aliphatic carbocycles. The van der Waals surface area contributed by atoms with E-state index >= 15 is 0 Å². The number of rotatable bonds is 6. The number of hydrogen-bond acceptors (Lipinski definition) is 5. The summed E-state index contributed by atoms with van der Waals surface area (Å²) in [6, 6.07) is 13.6. The summed E-state index contributed by atoms with van der Waals surface area (Å²) in [5.41, 5.74) is 1.06. The molecule has 1 aliphatic rings. The van der Waals surface area contributed by atoms with Gasteiger partial charge in [0, 0.05) is 17.6 Å². The highest BCUT2D eigenvalue weighted by Gasteiger charge is 2.21. The van der Waals surface area contributed by atoms with Crippen LogP contribution in [0, 0.1) is 0 Å². The molecule has 0 radical (unpaired) electrons. The number of aromatic nitrogens is 1. The number of methoxy groups -OCH3 is 1. The van der Waals surface area contributed by atoms with Crippen LogP contribution in [0.3, 0.4) is 0 Å². The summed E-state index contributed by atoms with van der Waals surface area (Å²) in [5.74, 6) is 1.14. The smallest absolute Gasteiger partial charge is 0.262 e. The number of anilines is 1. The molecule has 0 bridgehead atoms. The van der Waals surface area contributed by atoms with Gasteiger partial charge in [-0.25, -0.2) is 8.42 Å². The third-order valence-corrected chi connectivity index (χ3v) is 6.35. The molecule has 0 spiro atoms. The number of nitrogens with zero attached hydrogens (tertiary/aromatic N) is 1. The average molecular weight is 398 g/mol. The van der Waals surface area contributed by atoms with Crippen molar-refractivity contribution in [2.24, 2.45) is 0 Å². The monoisotopic (exact) mass is 398 g/mol. The van der Waals surface area contributed by atoms with Crippen molar-refractivity contribution in [2.45, 2.75) is 36.7 Å². The van der Waals surface area contributed by atoms with Crippen molar-refractivity contribution in [1.82, 2.24) is 4.98 Å². The average Bonchev–Trinajstić information content (AvgIpc) is 3.20. The van der Waals surface area contributed by atoms with Crippen LogP contribution in [-0.2, 0) is 10.0 Å². The minimum Gasteiger partial charge on any atom is -0.493 e. The zero-order chi connectivity index (χ0) is 19.6. The molecule has 1 heterocycles. The molecule has 7 heteroatoms. The molecule has 1 fully saturated rings. The summed E-state index contributed by atoms with van der Waals surface area (Å²) in [4.78, 5) is 4.42. The number of fused-ring (bicyclic) bond motifs is 1. The topological polar surface area (TPSA) is 77.5 Å². The van der Waals surface area contributed by atoms with E-state index < -0.39 is 10.0 Å². The van der Waals surface area contributed by atoms with Gasteiger partial charge < -0.3 is 9.47 Å². The molecule has 146 valence electrons. The van der Waals surface area contributed by atoms with Crippen molar-refractivity contribution in [3.05, 3.63) is 54.7 Å². The van der Waals surface area contributed by atoms with Crippen LogP contribution < -0.4 is 14.2 Å². The molecule has 0 saturated heterocycles. The van der Waals surface area contributed by atoms with E-state index in [2.05, 4.69) is 9.71 Å². The first-order valence-electron chi connectivity index (χ1n) is 9.28. The summed E-state index contributed by atoms with van der Waals surface area (Å²) < 4.78 is 40.1. The highest BCUT2D eigenvalue weighted by molar-refractivity contribution is 7.93. The standard InChI is InChI=1S/C21H22N2O4S/c1-26-19-12-11-15(14-20(19)27-16-6-2-3-7-16)23-28(24,25)21-10-4-9-18-17(21)8-5-13-22-18/h4-5,8-14,16,23H,2-3,6-7H2,1H3. The van der Waals surface area contributed by atoms with Crippen LogP contribution in [0.2, 0.25) is 0 Å². The van der Waals surface area contributed by atoms with E-state index in [9.17, 15) is 8.42 Å². The fourth-order valence-electron chi connectivity index (χ4n) is 3.54. The zero-order valence-electron chi connectivity index (χ0n) is 15.6. The van der Waals surface area contributed by atoms with Crippen LogP contribution in [0.4, 0.5) is 5.69 Å². The largest absolute Gasteiger partial charge is 0.493 e. The van der Waals surface area contributed by atoms with E-state index in [4.69, 9.17) is 9.47 Å². The molecular formula is C21H22N2O4S. The Balaban J connectivity index is 1.65. The predicted octanol–water partition coefficient (Wildman–Crippen LogP) is 4.37. The minimum atomic E-state index is -3.79. The van der Waals surface area contributed by atoms with Gasteiger partial charge in [0.15, 0.2) is 11.5 Å². The van der Waals surface area contributed by atoms with Gasteiger partial charge >= 0.3 is 0 Å². The number of sulfonamides is 1. The predicted molar refractivity (Wildman–Crippen MR) is 108 cm³/mol. The third-order valence-electron chi connectivity index (χ3n) is 4.91. The minimum absolute atomic E-state index is 0.143. The second kappa shape index (κ2) is 7.67. The number of ether oxygens (including phenoxy) is 2. The summed E-state index contributed by atoms with van der Waals surface area (Å²) in [6.07, 6.45) is 6.08. The Morgan fingerprint density at radius 2 is 1.86 bits per heavy atom. The Bertz CT molecular complexity index is 1090. The number of nitrogens with one attached hydrogen (secondary N) is 1. The van der Waals surface area contributed by atoms with Gasteiger partial charge in [0.05, 0.1) is 29.3 Å². The van der Waals surface area contributed by atoms with Crippen LogP contribution in [0.25, 0.3) is 10.9 Å². The Morgan fingerprint density at radius 3 is 2.64 bits per heavy atom. The highest BCUT2D eigenvalue weighted by atomic mass is 32.2. The lowest BCUT2D eigenvalue weighted by atomic mass is 10.2. The van der Waals surface area contributed by atoms with E-state index in [0.29, 0.717) is 28.1 Å². The van der Waals surface area contributed by atoms with Crippen molar-refractivity contribution in [3.63, 3.8) is 0 Å². The molecule has 1 saturated carbocycles. The van der Waals surface area contributed by atoms with Gasteiger partial charge in [-0.05, 0) is 62.1 Å². The van der Waals surface area contributed by atoms with Crippen LogP contribution in [0.5, 0.6) is 11.5 Å². The molecule has 28 heavy (non-hydrogen) atoms. The van der Waals surface area contributed by atoms with E-state index in [0.717, 1.165) is 25.7 Å². The molecule has 6 nitrogen and oxygen atoms in total. The van der Waals surface area contributed by atoms with Gasteiger partial charge in [-0.1, -0.05) is 6.07 Å². The Labute approximate surface area is 164 Å². The summed E-state index contributed by atoms with van der Waals surface area (Å²) in [5, 5.41) is 0.577. The quantitative estimate of drug-likeness (QED) is 0.667.